The Morgan fingerprint density at radius 3 is 2.10 bits per heavy atom. The molecule has 0 bridgehead atoms. The van der Waals surface area contributed by atoms with Gasteiger partial charge >= 0.3 is 0 Å². The van der Waals surface area contributed by atoms with Crippen molar-refractivity contribution < 1.29 is 22.4 Å². The van der Waals surface area contributed by atoms with Gasteiger partial charge in [0.2, 0.25) is 21.8 Å². The van der Waals surface area contributed by atoms with Gasteiger partial charge in [-0.15, -0.1) is 0 Å². The van der Waals surface area contributed by atoms with Gasteiger partial charge in [0.25, 0.3) is 0 Å². The van der Waals surface area contributed by atoms with E-state index in [0.29, 0.717) is 17.7 Å². The fourth-order valence-electron chi connectivity index (χ4n) is 4.11. The molecule has 39 heavy (non-hydrogen) atoms. The van der Waals surface area contributed by atoms with Crippen molar-refractivity contribution in [2.75, 3.05) is 17.1 Å². The van der Waals surface area contributed by atoms with E-state index in [1.54, 1.807) is 36.4 Å². The zero-order valence-corrected chi connectivity index (χ0v) is 23.6. The molecule has 1 N–H and O–H groups in total. The molecule has 2 atom stereocenters. The largest absolute Gasteiger partial charge is 0.352 e. The van der Waals surface area contributed by atoms with E-state index in [4.69, 9.17) is 0 Å². The summed E-state index contributed by atoms with van der Waals surface area (Å²) in [5.74, 6) is -1.31. The predicted molar refractivity (Wildman–Crippen MR) is 152 cm³/mol. The van der Waals surface area contributed by atoms with Crippen LogP contribution in [0.15, 0.2) is 78.9 Å². The molecule has 0 spiro atoms. The summed E-state index contributed by atoms with van der Waals surface area (Å²) < 4.78 is 40.2. The summed E-state index contributed by atoms with van der Waals surface area (Å²) in [6, 6.07) is 20.8. The Morgan fingerprint density at radius 2 is 1.54 bits per heavy atom. The van der Waals surface area contributed by atoms with Gasteiger partial charge in [0, 0.05) is 19.0 Å². The Balaban J connectivity index is 2.04. The summed E-state index contributed by atoms with van der Waals surface area (Å²) >= 11 is 0. The first-order valence-electron chi connectivity index (χ1n) is 12.9. The number of carbonyl (C=O) groups is 2. The monoisotopic (exact) mass is 553 g/mol. The van der Waals surface area contributed by atoms with Crippen molar-refractivity contribution in [1.29, 1.82) is 0 Å². The van der Waals surface area contributed by atoms with E-state index in [9.17, 15) is 22.4 Å². The quantitative estimate of drug-likeness (QED) is 0.359. The van der Waals surface area contributed by atoms with Crippen molar-refractivity contribution in [3.63, 3.8) is 0 Å². The van der Waals surface area contributed by atoms with Crippen LogP contribution in [-0.2, 0) is 32.6 Å². The first-order valence-corrected chi connectivity index (χ1v) is 14.7. The molecule has 0 aromatic heterocycles. The van der Waals surface area contributed by atoms with Crippen molar-refractivity contribution in [3.8, 4) is 0 Å². The highest BCUT2D eigenvalue weighted by molar-refractivity contribution is 7.92. The fraction of sp³-hybridized carbons (Fsp3) is 0.333. The molecule has 7 nitrogen and oxygen atoms in total. The number of carbonyl (C=O) groups excluding carboxylic acids is 2. The Labute approximate surface area is 230 Å². The molecule has 0 heterocycles. The van der Waals surface area contributed by atoms with E-state index in [1.807, 2.05) is 51.1 Å². The van der Waals surface area contributed by atoms with Gasteiger partial charge in [-0.2, -0.15) is 0 Å². The van der Waals surface area contributed by atoms with Crippen LogP contribution in [0.25, 0.3) is 0 Å². The number of hydrogen-bond acceptors (Lipinski definition) is 4. The highest BCUT2D eigenvalue weighted by Crippen LogP contribution is 2.21. The lowest BCUT2D eigenvalue weighted by Crippen LogP contribution is -2.54. The molecular weight excluding hydrogens is 517 g/mol. The van der Waals surface area contributed by atoms with E-state index in [0.717, 1.165) is 21.7 Å². The Kier molecular flexibility index (Phi) is 10.2. The minimum absolute atomic E-state index is 0.00393. The van der Waals surface area contributed by atoms with Crippen LogP contribution in [0.1, 0.15) is 37.0 Å². The number of hydrogen-bond donors (Lipinski definition) is 1. The van der Waals surface area contributed by atoms with Crippen molar-refractivity contribution in [3.05, 3.63) is 101 Å². The van der Waals surface area contributed by atoms with Crippen LogP contribution in [0.3, 0.4) is 0 Å². The highest BCUT2D eigenvalue weighted by Gasteiger charge is 2.33. The maximum Gasteiger partial charge on any atom is 0.244 e. The Morgan fingerprint density at radius 1 is 0.923 bits per heavy atom. The number of amides is 2. The molecular formula is C30H36FN3O4S. The molecule has 0 aliphatic carbocycles. The second kappa shape index (κ2) is 13.4. The topological polar surface area (TPSA) is 86.8 Å². The molecule has 208 valence electrons. The van der Waals surface area contributed by atoms with Gasteiger partial charge in [0.05, 0.1) is 11.9 Å². The standard InChI is InChI=1S/C30H36FN3O4S/c1-5-23(3)32-30(36)28(19-24-9-7-6-8-10-24)33(20-25-13-15-26(31)16-14-25)29(35)21-34(39(4,37)38)27-17-11-22(2)12-18-27/h6-18,23,28H,5,19-21H2,1-4H3,(H,32,36)/t23-,28+/m1/s1. The van der Waals surface area contributed by atoms with Gasteiger partial charge in [-0.3, -0.25) is 13.9 Å². The van der Waals surface area contributed by atoms with E-state index >= 15 is 0 Å². The maximum absolute atomic E-state index is 14.0. The van der Waals surface area contributed by atoms with Crippen molar-refractivity contribution in [1.82, 2.24) is 10.2 Å². The van der Waals surface area contributed by atoms with Crippen LogP contribution in [0, 0.1) is 12.7 Å². The average molecular weight is 554 g/mol. The van der Waals surface area contributed by atoms with Gasteiger partial charge < -0.3 is 10.2 Å². The van der Waals surface area contributed by atoms with Crippen LogP contribution >= 0.6 is 0 Å². The number of nitrogens with one attached hydrogen (secondary N) is 1. The minimum Gasteiger partial charge on any atom is -0.352 e. The van der Waals surface area contributed by atoms with E-state index in [2.05, 4.69) is 5.32 Å². The molecule has 0 radical (unpaired) electrons. The van der Waals surface area contributed by atoms with Crippen LogP contribution in [0.5, 0.6) is 0 Å². The van der Waals surface area contributed by atoms with Crippen molar-refractivity contribution >= 4 is 27.5 Å². The van der Waals surface area contributed by atoms with Gasteiger partial charge in [-0.25, -0.2) is 12.8 Å². The molecule has 0 saturated carbocycles. The number of sulfonamides is 1. The summed E-state index contributed by atoms with van der Waals surface area (Å²) in [6.07, 6.45) is 1.96. The molecule has 3 rings (SSSR count). The summed E-state index contributed by atoms with van der Waals surface area (Å²) in [5.41, 5.74) is 2.75. The molecule has 0 saturated heterocycles. The SMILES string of the molecule is CC[C@@H](C)NC(=O)[C@H](Cc1ccccc1)N(Cc1ccc(F)cc1)C(=O)CN(c1ccc(C)cc1)S(C)(=O)=O. The zero-order chi connectivity index (χ0) is 28.6. The predicted octanol–water partition coefficient (Wildman–Crippen LogP) is 4.45. The number of benzene rings is 3. The molecule has 0 unspecified atom stereocenters. The lowest BCUT2D eigenvalue weighted by Gasteiger charge is -2.34. The normalized spacial score (nSPS) is 12.8. The number of nitrogens with zero attached hydrogens (tertiary/aromatic N) is 2. The number of rotatable bonds is 12. The molecule has 0 aliphatic heterocycles. The second-order valence-electron chi connectivity index (χ2n) is 9.78. The lowest BCUT2D eigenvalue weighted by atomic mass is 10.0. The smallest absolute Gasteiger partial charge is 0.244 e. The third-order valence-electron chi connectivity index (χ3n) is 6.54. The molecule has 3 aromatic rings. The molecule has 2 amide bonds. The average Bonchev–Trinajstić information content (AvgIpc) is 2.90. The maximum atomic E-state index is 14.0. The Bertz CT molecular complexity index is 1350. The lowest BCUT2D eigenvalue weighted by molar-refractivity contribution is -0.140. The first-order chi connectivity index (χ1) is 18.5. The van der Waals surface area contributed by atoms with Crippen molar-refractivity contribution in [2.24, 2.45) is 0 Å². The molecule has 0 aliphatic rings. The van der Waals surface area contributed by atoms with Crippen LogP contribution < -0.4 is 9.62 Å². The van der Waals surface area contributed by atoms with Crippen LogP contribution in [0.2, 0.25) is 0 Å². The summed E-state index contributed by atoms with van der Waals surface area (Å²) in [5, 5.41) is 2.98. The van der Waals surface area contributed by atoms with Gasteiger partial charge in [-0.05, 0) is 55.7 Å². The highest BCUT2D eigenvalue weighted by atomic mass is 32.2. The zero-order valence-electron chi connectivity index (χ0n) is 22.8. The molecule has 3 aromatic carbocycles. The van der Waals surface area contributed by atoms with Crippen molar-refractivity contribution in [2.45, 2.75) is 52.2 Å². The number of anilines is 1. The second-order valence-corrected chi connectivity index (χ2v) is 11.7. The molecule has 0 fully saturated rings. The van der Waals surface area contributed by atoms with Crippen LogP contribution in [-0.4, -0.2) is 50.0 Å². The van der Waals surface area contributed by atoms with Gasteiger partial charge in [0.15, 0.2) is 0 Å². The summed E-state index contributed by atoms with van der Waals surface area (Å²) in [4.78, 5) is 29.0. The fourth-order valence-corrected chi connectivity index (χ4v) is 4.96. The van der Waals surface area contributed by atoms with E-state index in [-0.39, 0.29) is 24.9 Å². The number of aryl methyl sites for hydroxylation is 1. The minimum atomic E-state index is -3.83. The first kappa shape index (κ1) is 29.8. The Hall–Kier alpha value is -3.72. The third kappa shape index (κ3) is 8.64. The third-order valence-corrected chi connectivity index (χ3v) is 7.68. The number of halogens is 1. The molecule has 9 heteroatoms. The van der Waals surface area contributed by atoms with E-state index in [1.165, 1.54) is 17.0 Å². The summed E-state index contributed by atoms with van der Waals surface area (Å²) in [7, 11) is -3.83. The van der Waals surface area contributed by atoms with Gasteiger partial charge in [0.1, 0.15) is 18.4 Å². The summed E-state index contributed by atoms with van der Waals surface area (Å²) in [6.45, 7) is 5.21. The van der Waals surface area contributed by atoms with Gasteiger partial charge in [-0.1, -0.05) is 67.1 Å². The van der Waals surface area contributed by atoms with Crippen LogP contribution in [0.4, 0.5) is 10.1 Å². The van der Waals surface area contributed by atoms with E-state index < -0.39 is 34.3 Å².